The maximum Gasteiger partial charge on any atom is 0.331 e. The lowest BCUT2D eigenvalue weighted by Gasteiger charge is -1.99. The molecule has 0 bridgehead atoms. The maximum atomic E-state index is 10.4. The van der Waals surface area contributed by atoms with Crippen LogP contribution in [0.2, 0.25) is 0 Å². The third-order valence-electron chi connectivity index (χ3n) is 1.97. The van der Waals surface area contributed by atoms with Crippen LogP contribution in [0.15, 0.2) is 5.16 Å². The minimum atomic E-state index is -0.352. The van der Waals surface area contributed by atoms with E-state index in [2.05, 4.69) is 16.9 Å². The van der Waals surface area contributed by atoms with E-state index < -0.39 is 0 Å². The van der Waals surface area contributed by atoms with E-state index in [0.717, 1.165) is 18.6 Å². The second kappa shape index (κ2) is 8.73. The van der Waals surface area contributed by atoms with Gasteiger partial charge in [0.15, 0.2) is 0 Å². The summed E-state index contributed by atoms with van der Waals surface area (Å²) in [7, 11) is 0. The fourth-order valence-electron chi connectivity index (χ4n) is 1.17. The number of unbranched alkanes of at least 4 members (excludes halogenated alkanes) is 4. The van der Waals surface area contributed by atoms with Crippen LogP contribution in [0.25, 0.3) is 0 Å². The number of oxime groups is 1. The van der Waals surface area contributed by atoms with Gasteiger partial charge in [0.2, 0.25) is 0 Å². The lowest BCUT2D eigenvalue weighted by molar-refractivity contribution is -0.140. The molecule has 0 unspecified atom stereocenters. The molecule has 0 aliphatic rings. The Morgan fingerprint density at radius 3 is 2.36 bits per heavy atom. The first-order valence-corrected chi connectivity index (χ1v) is 5.38. The molecule has 0 saturated heterocycles. The van der Waals surface area contributed by atoms with Crippen LogP contribution in [0.4, 0.5) is 0 Å². The summed E-state index contributed by atoms with van der Waals surface area (Å²) in [5.41, 5.74) is 0.900. The predicted octanol–water partition coefficient (Wildman–Crippen LogP) is 3.29. The molecule has 0 fully saturated rings. The number of carbonyl (C=O) groups excluding carboxylic acids is 1. The summed E-state index contributed by atoms with van der Waals surface area (Å²) in [5.74, 6) is -0.352. The molecule has 0 atom stereocenters. The Morgan fingerprint density at radius 2 is 1.79 bits per heavy atom. The van der Waals surface area contributed by atoms with E-state index in [0.29, 0.717) is 0 Å². The zero-order valence-corrected chi connectivity index (χ0v) is 9.51. The second-order valence-corrected chi connectivity index (χ2v) is 3.57. The molecule has 0 N–H and O–H groups in total. The van der Waals surface area contributed by atoms with Crippen LogP contribution in [0.5, 0.6) is 0 Å². The van der Waals surface area contributed by atoms with Gasteiger partial charge in [-0.15, -0.1) is 0 Å². The fraction of sp³-hybridized carbons (Fsp3) is 0.818. The molecule has 0 amide bonds. The first-order valence-electron chi connectivity index (χ1n) is 5.38. The number of nitrogens with zero attached hydrogens (tertiary/aromatic N) is 1. The Bertz CT molecular complexity index is 188. The van der Waals surface area contributed by atoms with E-state index in [1.807, 2.05) is 6.92 Å². The maximum absolute atomic E-state index is 10.4. The van der Waals surface area contributed by atoms with Crippen molar-refractivity contribution in [3.8, 4) is 0 Å². The zero-order chi connectivity index (χ0) is 10.8. The average molecular weight is 199 g/mol. The standard InChI is InChI=1S/C11H21NO2/c1-4-5-6-7-8-9-10(2)12-14-11(3)13/h4-9H2,1-3H3. The SMILES string of the molecule is CCCCCCCC(C)=NOC(C)=O. The van der Waals surface area contributed by atoms with Crippen LogP contribution >= 0.6 is 0 Å². The van der Waals surface area contributed by atoms with E-state index in [1.54, 1.807) is 0 Å². The highest BCUT2D eigenvalue weighted by molar-refractivity contribution is 5.82. The molecule has 0 aromatic carbocycles. The highest BCUT2D eigenvalue weighted by Crippen LogP contribution is 2.05. The molecule has 0 radical (unpaired) electrons. The third-order valence-corrected chi connectivity index (χ3v) is 1.97. The third kappa shape index (κ3) is 9.23. The van der Waals surface area contributed by atoms with Gasteiger partial charge in [0.25, 0.3) is 0 Å². The van der Waals surface area contributed by atoms with Crippen molar-refractivity contribution in [1.29, 1.82) is 0 Å². The van der Waals surface area contributed by atoms with Crippen molar-refractivity contribution in [2.24, 2.45) is 5.16 Å². The normalized spacial score (nSPS) is 11.5. The van der Waals surface area contributed by atoms with Crippen molar-refractivity contribution in [2.45, 2.75) is 59.3 Å². The molecule has 0 aromatic heterocycles. The smallest absolute Gasteiger partial charge is 0.319 e. The van der Waals surface area contributed by atoms with Gasteiger partial charge in [0.05, 0.1) is 5.71 Å². The van der Waals surface area contributed by atoms with Crippen molar-refractivity contribution < 1.29 is 9.63 Å². The largest absolute Gasteiger partial charge is 0.331 e. The summed E-state index contributed by atoms with van der Waals surface area (Å²) in [4.78, 5) is 15.0. The van der Waals surface area contributed by atoms with Gasteiger partial charge in [-0.25, -0.2) is 4.79 Å². The number of hydrogen-bond donors (Lipinski definition) is 0. The molecular weight excluding hydrogens is 178 g/mol. The molecule has 0 spiro atoms. The van der Waals surface area contributed by atoms with Crippen LogP contribution in [0.1, 0.15) is 59.3 Å². The summed E-state index contributed by atoms with van der Waals surface area (Å²) >= 11 is 0. The van der Waals surface area contributed by atoms with Gasteiger partial charge in [0.1, 0.15) is 0 Å². The molecule has 0 aliphatic heterocycles. The van der Waals surface area contributed by atoms with Crippen molar-refractivity contribution in [3.05, 3.63) is 0 Å². The first kappa shape index (κ1) is 13.1. The number of hydrogen-bond acceptors (Lipinski definition) is 3. The van der Waals surface area contributed by atoms with Crippen LogP contribution in [-0.4, -0.2) is 11.7 Å². The number of rotatable bonds is 7. The molecule has 0 heterocycles. The molecule has 0 aliphatic carbocycles. The Morgan fingerprint density at radius 1 is 1.14 bits per heavy atom. The van der Waals surface area contributed by atoms with E-state index in [4.69, 9.17) is 0 Å². The predicted molar refractivity (Wildman–Crippen MR) is 58.3 cm³/mol. The highest BCUT2D eigenvalue weighted by atomic mass is 16.7. The van der Waals surface area contributed by atoms with Gasteiger partial charge >= 0.3 is 5.97 Å². The van der Waals surface area contributed by atoms with Crippen LogP contribution in [0.3, 0.4) is 0 Å². The van der Waals surface area contributed by atoms with Crippen LogP contribution < -0.4 is 0 Å². The van der Waals surface area contributed by atoms with Gasteiger partial charge in [-0.1, -0.05) is 37.8 Å². The number of carbonyl (C=O) groups is 1. The van der Waals surface area contributed by atoms with Crippen molar-refractivity contribution in [2.75, 3.05) is 0 Å². The Labute approximate surface area is 86.5 Å². The van der Waals surface area contributed by atoms with E-state index >= 15 is 0 Å². The Kier molecular flexibility index (Phi) is 8.19. The van der Waals surface area contributed by atoms with Crippen molar-refractivity contribution >= 4 is 11.7 Å². The van der Waals surface area contributed by atoms with E-state index in [9.17, 15) is 4.79 Å². The van der Waals surface area contributed by atoms with Gasteiger partial charge in [-0.2, -0.15) is 0 Å². The van der Waals surface area contributed by atoms with E-state index in [1.165, 1.54) is 32.6 Å². The first-order chi connectivity index (χ1) is 6.66. The summed E-state index contributed by atoms with van der Waals surface area (Å²) in [5, 5.41) is 3.71. The van der Waals surface area contributed by atoms with Gasteiger partial charge in [-0.3, -0.25) is 0 Å². The average Bonchev–Trinajstić information content (AvgIpc) is 2.14. The summed E-state index contributed by atoms with van der Waals surface area (Å²) in [6.07, 6.45) is 7.16. The molecule has 3 nitrogen and oxygen atoms in total. The minimum Gasteiger partial charge on any atom is -0.319 e. The Balaban J connectivity index is 3.38. The molecular formula is C11H21NO2. The zero-order valence-electron chi connectivity index (χ0n) is 9.51. The van der Waals surface area contributed by atoms with Gasteiger partial charge in [-0.05, 0) is 19.8 Å². The fourth-order valence-corrected chi connectivity index (χ4v) is 1.17. The second-order valence-electron chi connectivity index (χ2n) is 3.57. The molecule has 3 heteroatoms. The van der Waals surface area contributed by atoms with Gasteiger partial charge < -0.3 is 4.84 Å². The summed E-state index contributed by atoms with van der Waals surface area (Å²) in [6.45, 7) is 5.45. The molecule has 0 aromatic rings. The Hall–Kier alpha value is -0.860. The quantitative estimate of drug-likeness (QED) is 0.273. The summed E-state index contributed by atoms with van der Waals surface area (Å²) < 4.78 is 0. The minimum absolute atomic E-state index is 0.352. The molecule has 82 valence electrons. The monoisotopic (exact) mass is 199 g/mol. The van der Waals surface area contributed by atoms with E-state index in [-0.39, 0.29) is 5.97 Å². The molecule has 14 heavy (non-hydrogen) atoms. The summed E-state index contributed by atoms with van der Waals surface area (Å²) in [6, 6.07) is 0. The van der Waals surface area contributed by atoms with Crippen LogP contribution in [-0.2, 0) is 9.63 Å². The topological polar surface area (TPSA) is 38.7 Å². The van der Waals surface area contributed by atoms with Crippen molar-refractivity contribution in [1.82, 2.24) is 0 Å². The lowest BCUT2D eigenvalue weighted by atomic mass is 10.1. The molecule has 0 saturated carbocycles. The molecule has 0 rings (SSSR count). The van der Waals surface area contributed by atoms with Gasteiger partial charge in [0, 0.05) is 6.92 Å². The highest BCUT2D eigenvalue weighted by Gasteiger charge is 1.95. The lowest BCUT2D eigenvalue weighted by Crippen LogP contribution is -1.97. The van der Waals surface area contributed by atoms with Crippen LogP contribution in [0, 0.1) is 0 Å². The van der Waals surface area contributed by atoms with Crippen molar-refractivity contribution in [3.63, 3.8) is 0 Å².